The van der Waals surface area contributed by atoms with Crippen LogP contribution in [0.25, 0.3) is 0 Å². The van der Waals surface area contributed by atoms with Gasteiger partial charge in [-0.3, -0.25) is 4.99 Å². The molecule has 1 fully saturated rings. The predicted octanol–water partition coefficient (Wildman–Crippen LogP) is 5.14. The van der Waals surface area contributed by atoms with Crippen molar-refractivity contribution in [1.82, 2.24) is 4.90 Å². The van der Waals surface area contributed by atoms with E-state index in [4.69, 9.17) is 21.1 Å². The molecule has 2 aromatic rings. The number of nitrogens with zero attached hydrogens (tertiary/aromatic N) is 2. The van der Waals surface area contributed by atoms with Crippen molar-refractivity contribution < 1.29 is 9.47 Å². The average Bonchev–Trinajstić information content (AvgIpc) is 2.71. The molecule has 1 saturated heterocycles. The van der Waals surface area contributed by atoms with E-state index in [1.807, 2.05) is 43.5 Å². The van der Waals surface area contributed by atoms with Crippen LogP contribution in [0.4, 0.5) is 0 Å². The van der Waals surface area contributed by atoms with Crippen LogP contribution in [0.3, 0.4) is 0 Å². The molecule has 1 aliphatic heterocycles. The predicted molar refractivity (Wildman–Crippen MR) is 116 cm³/mol. The van der Waals surface area contributed by atoms with Gasteiger partial charge in [0.15, 0.2) is 11.5 Å². The maximum atomic E-state index is 6.05. The maximum Gasteiger partial charge on any atom is 0.164 e. The first-order chi connectivity index (χ1) is 13.7. The van der Waals surface area contributed by atoms with Crippen LogP contribution in [0, 0.1) is 6.92 Å². The molecule has 0 bridgehead atoms. The fourth-order valence-corrected chi connectivity index (χ4v) is 3.73. The molecule has 0 aliphatic carbocycles. The molecule has 0 N–H and O–H groups in total. The van der Waals surface area contributed by atoms with Gasteiger partial charge in [-0.25, -0.2) is 0 Å². The third-order valence-electron chi connectivity index (χ3n) is 4.99. The number of hydrogen-bond acceptors (Lipinski definition) is 4. The molecule has 0 amide bonds. The lowest BCUT2D eigenvalue weighted by Gasteiger charge is -2.25. The Morgan fingerprint density at radius 3 is 2.71 bits per heavy atom. The molecule has 4 nitrogen and oxygen atoms in total. The second-order valence-corrected chi connectivity index (χ2v) is 7.66. The Morgan fingerprint density at radius 2 is 1.96 bits per heavy atom. The Labute approximate surface area is 173 Å². The quantitative estimate of drug-likeness (QED) is 0.575. The van der Waals surface area contributed by atoms with Crippen LogP contribution in [0.5, 0.6) is 11.5 Å². The fourth-order valence-electron chi connectivity index (χ4n) is 3.51. The van der Waals surface area contributed by atoms with E-state index in [1.54, 1.807) is 7.11 Å². The Hall–Kier alpha value is -2.04. The summed E-state index contributed by atoms with van der Waals surface area (Å²) in [5.41, 5.74) is 3.08. The summed E-state index contributed by atoms with van der Waals surface area (Å²) in [4.78, 5) is 7.11. The molecule has 0 atom stereocenters. The van der Waals surface area contributed by atoms with Crippen LogP contribution in [0.1, 0.15) is 36.0 Å². The average molecular weight is 401 g/mol. The van der Waals surface area contributed by atoms with E-state index in [0.717, 1.165) is 41.3 Å². The van der Waals surface area contributed by atoms with Crippen molar-refractivity contribution in [3.05, 3.63) is 58.1 Å². The molecular formula is C23H29ClN2O2. The van der Waals surface area contributed by atoms with E-state index >= 15 is 0 Å². The molecule has 5 heteroatoms. The van der Waals surface area contributed by atoms with Gasteiger partial charge in [0.1, 0.15) is 6.61 Å². The topological polar surface area (TPSA) is 34.1 Å². The lowest BCUT2D eigenvalue weighted by atomic mass is 10.1. The molecule has 150 valence electrons. The Kier molecular flexibility index (Phi) is 7.75. The van der Waals surface area contributed by atoms with Gasteiger partial charge in [-0.2, -0.15) is 0 Å². The van der Waals surface area contributed by atoms with Gasteiger partial charge in [-0.1, -0.05) is 30.2 Å². The second kappa shape index (κ2) is 10.5. The van der Waals surface area contributed by atoms with Crippen molar-refractivity contribution in [2.45, 2.75) is 32.8 Å². The molecule has 0 radical (unpaired) electrons. The van der Waals surface area contributed by atoms with Crippen molar-refractivity contribution in [3.8, 4) is 11.5 Å². The van der Waals surface area contributed by atoms with Crippen LogP contribution in [-0.2, 0) is 6.61 Å². The minimum absolute atomic E-state index is 0.445. The number of methoxy groups -OCH3 is 1. The van der Waals surface area contributed by atoms with Gasteiger partial charge in [0.25, 0.3) is 0 Å². The van der Waals surface area contributed by atoms with Gasteiger partial charge in [0, 0.05) is 17.8 Å². The van der Waals surface area contributed by atoms with Crippen LogP contribution in [-0.4, -0.2) is 44.4 Å². The van der Waals surface area contributed by atoms with E-state index in [0.29, 0.717) is 11.6 Å². The van der Waals surface area contributed by atoms with Gasteiger partial charge in [0.2, 0.25) is 0 Å². The van der Waals surface area contributed by atoms with Crippen molar-refractivity contribution >= 4 is 17.8 Å². The van der Waals surface area contributed by atoms with Crippen molar-refractivity contribution in [2.75, 3.05) is 33.3 Å². The highest BCUT2D eigenvalue weighted by Crippen LogP contribution is 2.32. The van der Waals surface area contributed by atoms with Gasteiger partial charge < -0.3 is 14.4 Å². The summed E-state index contributed by atoms with van der Waals surface area (Å²) in [7, 11) is 1.66. The van der Waals surface area contributed by atoms with Gasteiger partial charge in [0.05, 0.1) is 13.7 Å². The molecule has 0 spiro atoms. The third-order valence-corrected chi connectivity index (χ3v) is 5.22. The first-order valence-corrected chi connectivity index (χ1v) is 10.3. The molecule has 1 heterocycles. The summed E-state index contributed by atoms with van der Waals surface area (Å²) in [5, 5.41) is 0.709. The van der Waals surface area contributed by atoms with E-state index in [-0.39, 0.29) is 0 Å². The van der Waals surface area contributed by atoms with Crippen LogP contribution >= 0.6 is 11.6 Å². The molecule has 1 aliphatic rings. The third kappa shape index (κ3) is 5.98. The molecule has 3 rings (SSSR count). The maximum absolute atomic E-state index is 6.05. The number of ether oxygens (including phenoxy) is 2. The number of aryl methyl sites for hydroxylation is 1. The second-order valence-electron chi connectivity index (χ2n) is 7.23. The van der Waals surface area contributed by atoms with Crippen molar-refractivity contribution in [2.24, 2.45) is 4.99 Å². The monoisotopic (exact) mass is 400 g/mol. The number of halogens is 1. The van der Waals surface area contributed by atoms with Crippen molar-refractivity contribution in [1.29, 1.82) is 0 Å². The summed E-state index contributed by atoms with van der Waals surface area (Å²) in [6.45, 7) is 6.76. The van der Waals surface area contributed by atoms with Crippen LogP contribution < -0.4 is 9.47 Å². The Balaban J connectivity index is 1.61. The smallest absolute Gasteiger partial charge is 0.164 e. The molecule has 0 saturated carbocycles. The first-order valence-electron chi connectivity index (χ1n) is 9.94. The first kappa shape index (κ1) is 20.7. The van der Waals surface area contributed by atoms with Gasteiger partial charge in [-0.05, 0) is 73.8 Å². The summed E-state index contributed by atoms with van der Waals surface area (Å²) in [5.74, 6) is 1.48. The van der Waals surface area contributed by atoms with E-state index in [2.05, 4.69) is 16.0 Å². The van der Waals surface area contributed by atoms with Gasteiger partial charge >= 0.3 is 0 Å². The van der Waals surface area contributed by atoms with E-state index < -0.39 is 0 Å². The number of piperidine rings is 1. The standard InChI is InChI=1S/C23H29ClN2O2/c1-18-13-20(16-25-9-12-26-10-4-3-5-11-26)15-22(27-2)23(18)28-17-19-7-6-8-21(24)14-19/h6-8,13-16H,3-5,9-12,17H2,1-2H3. The zero-order chi connectivity index (χ0) is 19.8. The lowest BCUT2D eigenvalue weighted by molar-refractivity contribution is 0.235. The minimum Gasteiger partial charge on any atom is -0.493 e. The number of hydrogen-bond donors (Lipinski definition) is 0. The number of rotatable bonds is 8. The molecular weight excluding hydrogens is 372 g/mol. The minimum atomic E-state index is 0.445. The van der Waals surface area contributed by atoms with Crippen LogP contribution in [0.2, 0.25) is 5.02 Å². The fraction of sp³-hybridized carbons (Fsp3) is 0.435. The highest BCUT2D eigenvalue weighted by molar-refractivity contribution is 6.30. The summed E-state index contributed by atoms with van der Waals surface area (Å²) >= 11 is 6.05. The normalized spacial score (nSPS) is 15.1. The summed E-state index contributed by atoms with van der Waals surface area (Å²) in [6.07, 6.45) is 5.93. The van der Waals surface area contributed by atoms with Crippen molar-refractivity contribution in [3.63, 3.8) is 0 Å². The van der Waals surface area contributed by atoms with Gasteiger partial charge in [-0.15, -0.1) is 0 Å². The summed E-state index contributed by atoms with van der Waals surface area (Å²) in [6, 6.07) is 11.7. The molecule has 0 unspecified atom stereocenters. The Morgan fingerprint density at radius 1 is 1.14 bits per heavy atom. The number of benzene rings is 2. The van der Waals surface area contributed by atoms with E-state index in [9.17, 15) is 0 Å². The largest absolute Gasteiger partial charge is 0.493 e. The zero-order valence-corrected chi connectivity index (χ0v) is 17.5. The highest BCUT2D eigenvalue weighted by Gasteiger charge is 2.11. The van der Waals surface area contributed by atoms with E-state index in [1.165, 1.54) is 32.4 Å². The molecule has 2 aromatic carbocycles. The zero-order valence-electron chi connectivity index (χ0n) is 16.8. The molecule has 0 aromatic heterocycles. The highest BCUT2D eigenvalue weighted by atomic mass is 35.5. The number of likely N-dealkylation sites (tertiary alicyclic amines) is 1. The summed E-state index contributed by atoms with van der Waals surface area (Å²) < 4.78 is 11.6. The molecule has 28 heavy (non-hydrogen) atoms. The Bertz CT molecular complexity index is 801. The SMILES string of the molecule is COc1cc(C=NCCN2CCCCC2)cc(C)c1OCc1cccc(Cl)c1. The number of aliphatic imine (C=N–C) groups is 1. The van der Waals surface area contributed by atoms with Crippen LogP contribution in [0.15, 0.2) is 41.4 Å². The lowest BCUT2D eigenvalue weighted by Crippen LogP contribution is -2.31.